The van der Waals surface area contributed by atoms with Crippen LogP contribution in [0, 0.1) is 13.8 Å². The molecule has 2 aromatic carbocycles. The molecule has 0 bridgehead atoms. The number of hydrogen-bond acceptors (Lipinski definition) is 5. The van der Waals surface area contributed by atoms with E-state index >= 15 is 0 Å². The summed E-state index contributed by atoms with van der Waals surface area (Å²) in [5.41, 5.74) is 5.60. The molecule has 1 aliphatic rings. The first kappa shape index (κ1) is 22.7. The zero-order valence-electron chi connectivity index (χ0n) is 19.5. The molecule has 5 nitrogen and oxygen atoms in total. The number of hydrogen-bond donors (Lipinski definition) is 0. The molecule has 174 valence electrons. The summed E-state index contributed by atoms with van der Waals surface area (Å²) < 4.78 is 14.2. The maximum atomic E-state index is 13.1. The van der Waals surface area contributed by atoms with E-state index in [1.165, 1.54) is 11.8 Å². The molecule has 34 heavy (non-hydrogen) atoms. The normalized spacial score (nSPS) is 15.6. The van der Waals surface area contributed by atoms with Crippen molar-refractivity contribution in [3.05, 3.63) is 83.7 Å². The highest BCUT2D eigenvalue weighted by Crippen LogP contribution is 2.35. The van der Waals surface area contributed by atoms with E-state index < -0.39 is 0 Å². The van der Waals surface area contributed by atoms with Crippen LogP contribution in [0.5, 0.6) is 0 Å². The van der Waals surface area contributed by atoms with Gasteiger partial charge in [0, 0.05) is 41.2 Å². The largest absolute Gasteiger partial charge is 0.431 e. The van der Waals surface area contributed by atoms with Gasteiger partial charge in [0.05, 0.1) is 11.9 Å². The van der Waals surface area contributed by atoms with Gasteiger partial charge in [-0.3, -0.25) is 4.79 Å². The molecule has 0 aliphatic carbocycles. The highest BCUT2D eigenvalue weighted by atomic mass is 32.2. The topological polar surface area (TPSA) is 57.3 Å². The van der Waals surface area contributed by atoms with Gasteiger partial charge in [-0.1, -0.05) is 72.4 Å². The molecule has 3 heterocycles. The van der Waals surface area contributed by atoms with Gasteiger partial charge in [-0.15, -0.1) is 0 Å². The minimum Gasteiger partial charge on any atom is -0.431 e. The van der Waals surface area contributed by atoms with Crippen molar-refractivity contribution in [2.75, 3.05) is 12.4 Å². The average molecular weight is 473 g/mol. The predicted octanol–water partition coefficient (Wildman–Crippen LogP) is 6.58. The van der Waals surface area contributed by atoms with E-state index in [0.29, 0.717) is 5.22 Å². The van der Waals surface area contributed by atoms with Gasteiger partial charge < -0.3 is 13.7 Å². The second kappa shape index (κ2) is 10.0. The lowest BCUT2D eigenvalue weighted by Gasteiger charge is -2.14. The van der Waals surface area contributed by atoms with Crippen LogP contribution in [-0.4, -0.2) is 33.8 Å². The Hall–Kier alpha value is -3.09. The molecule has 0 amide bonds. The lowest BCUT2D eigenvalue weighted by molar-refractivity contribution is 0.0957. The Morgan fingerprint density at radius 3 is 2.44 bits per heavy atom. The third kappa shape index (κ3) is 4.74. The van der Waals surface area contributed by atoms with Crippen LogP contribution in [0.1, 0.15) is 34.6 Å². The number of benzene rings is 2. The molecule has 0 radical (unpaired) electrons. The Balaban J connectivity index is 1.35. The fraction of sp³-hybridized carbons (Fsp3) is 0.286. The molecule has 1 saturated heterocycles. The van der Waals surface area contributed by atoms with Crippen molar-refractivity contribution in [3.63, 3.8) is 0 Å². The number of aromatic nitrogens is 2. The van der Waals surface area contributed by atoms with Crippen molar-refractivity contribution in [3.8, 4) is 22.6 Å². The minimum absolute atomic E-state index is 0.0809. The Labute approximate surface area is 204 Å². The summed E-state index contributed by atoms with van der Waals surface area (Å²) in [7, 11) is 0. The number of oxazole rings is 1. The summed E-state index contributed by atoms with van der Waals surface area (Å²) in [6.07, 6.45) is 2.43. The second-order valence-corrected chi connectivity index (χ2v) is 9.56. The van der Waals surface area contributed by atoms with Crippen molar-refractivity contribution in [1.29, 1.82) is 0 Å². The third-order valence-electron chi connectivity index (χ3n) is 6.30. The summed E-state index contributed by atoms with van der Waals surface area (Å²) in [6.45, 7) is 5.71. The highest BCUT2D eigenvalue weighted by Gasteiger charge is 2.22. The molecule has 1 aliphatic heterocycles. The van der Waals surface area contributed by atoms with Crippen molar-refractivity contribution in [2.24, 2.45) is 0 Å². The van der Waals surface area contributed by atoms with Gasteiger partial charge in [0.2, 0.25) is 0 Å². The summed E-state index contributed by atoms with van der Waals surface area (Å²) >= 11 is 1.34. The maximum absolute atomic E-state index is 13.1. The second-order valence-electron chi connectivity index (χ2n) is 8.63. The number of thioether (sulfide) groups is 1. The Kier molecular flexibility index (Phi) is 6.70. The van der Waals surface area contributed by atoms with Gasteiger partial charge in [0.1, 0.15) is 5.69 Å². The zero-order valence-corrected chi connectivity index (χ0v) is 20.3. The first-order valence-electron chi connectivity index (χ1n) is 11.7. The van der Waals surface area contributed by atoms with Gasteiger partial charge >= 0.3 is 0 Å². The van der Waals surface area contributed by atoms with E-state index in [2.05, 4.69) is 11.5 Å². The van der Waals surface area contributed by atoms with Gasteiger partial charge in [-0.05, 0) is 32.8 Å². The smallest absolute Gasteiger partial charge is 0.257 e. The van der Waals surface area contributed by atoms with Crippen LogP contribution >= 0.6 is 11.8 Å². The monoisotopic (exact) mass is 472 g/mol. The third-order valence-corrected chi connectivity index (χ3v) is 7.13. The Morgan fingerprint density at radius 1 is 1.06 bits per heavy atom. The number of rotatable bonds is 8. The van der Waals surface area contributed by atoms with Gasteiger partial charge in [-0.25, -0.2) is 4.98 Å². The first-order chi connectivity index (χ1) is 16.6. The van der Waals surface area contributed by atoms with Crippen LogP contribution in [0.2, 0.25) is 0 Å². The average Bonchev–Trinajstić information content (AvgIpc) is 3.60. The maximum Gasteiger partial charge on any atom is 0.257 e. The Morgan fingerprint density at radius 2 is 1.76 bits per heavy atom. The lowest BCUT2D eigenvalue weighted by atomic mass is 10.1. The fourth-order valence-electron chi connectivity index (χ4n) is 4.50. The van der Waals surface area contributed by atoms with Crippen LogP contribution in [0.25, 0.3) is 22.6 Å². The minimum atomic E-state index is 0.0809. The predicted molar refractivity (Wildman–Crippen MR) is 135 cm³/mol. The zero-order chi connectivity index (χ0) is 23.5. The van der Waals surface area contributed by atoms with Crippen molar-refractivity contribution < 1.29 is 13.9 Å². The van der Waals surface area contributed by atoms with Crippen molar-refractivity contribution in [1.82, 2.24) is 9.55 Å². The van der Waals surface area contributed by atoms with Crippen molar-refractivity contribution >= 4 is 17.5 Å². The Bertz CT molecular complexity index is 1210. The number of ether oxygens (including phenoxy) is 1. The van der Waals surface area contributed by atoms with Gasteiger partial charge in [0.25, 0.3) is 5.22 Å². The molecule has 0 N–H and O–H groups in total. The van der Waals surface area contributed by atoms with E-state index in [0.717, 1.165) is 65.5 Å². The highest BCUT2D eigenvalue weighted by molar-refractivity contribution is 7.99. The fourth-order valence-corrected chi connectivity index (χ4v) is 5.21. The lowest BCUT2D eigenvalue weighted by Crippen LogP contribution is -2.17. The molecule has 6 heteroatoms. The molecule has 1 fully saturated rings. The molecule has 0 spiro atoms. The van der Waals surface area contributed by atoms with Gasteiger partial charge in [0.15, 0.2) is 11.5 Å². The molecular weight excluding hydrogens is 444 g/mol. The van der Waals surface area contributed by atoms with E-state index in [-0.39, 0.29) is 17.6 Å². The van der Waals surface area contributed by atoms with Crippen LogP contribution < -0.4 is 0 Å². The molecule has 4 aromatic rings. The number of carbonyl (C=O) groups is 1. The summed E-state index contributed by atoms with van der Waals surface area (Å²) in [5.74, 6) is 1.07. The van der Waals surface area contributed by atoms with E-state index in [1.54, 1.807) is 0 Å². The quantitative estimate of drug-likeness (QED) is 0.214. The molecule has 2 aromatic heterocycles. The number of Topliss-reactive ketones (excluding diaryl/α,β-unsaturated/α-hetero) is 1. The molecular formula is C28H28N2O3S. The number of ketones is 1. The number of aryl methyl sites for hydroxylation is 1. The van der Waals surface area contributed by atoms with E-state index in [1.807, 2.05) is 73.7 Å². The van der Waals surface area contributed by atoms with Crippen LogP contribution in [0.15, 0.2) is 76.4 Å². The summed E-state index contributed by atoms with van der Waals surface area (Å²) in [4.78, 5) is 17.9. The van der Waals surface area contributed by atoms with Gasteiger partial charge in [-0.2, -0.15) is 0 Å². The first-order valence-corrected chi connectivity index (χ1v) is 12.6. The summed E-state index contributed by atoms with van der Waals surface area (Å²) in [5, 5.41) is 0.499. The standard InChI is InChI=1S/C28H28N2O3S/c1-19-16-24(20(2)30(19)17-23-14-9-15-32-23)25(31)18-34-28-29-26(21-10-5-3-6-11-21)27(33-28)22-12-7-4-8-13-22/h3-8,10-13,16,23H,9,14-15,17-18H2,1-2H3. The van der Waals surface area contributed by atoms with Crippen molar-refractivity contribution in [2.45, 2.75) is 44.6 Å². The number of nitrogens with zero attached hydrogens (tertiary/aromatic N) is 2. The number of carbonyl (C=O) groups excluding carboxylic acids is 1. The van der Waals surface area contributed by atoms with Crippen LogP contribution in [0.3, 0.4) is 0 Å². The molecule has 0 saturated carbocycles. The molecule has 1 atom stereocenters. The van der Waals surface area contributed by atoms with E-state index in [4.69, 9.17) is 14.1 Å². The molecule has 5 rings (SSSR count). The van der Waals surface area contributed by atoms with E-state index in [9.17, 15) is 4.79 Å². The SMILES string of the molecule is Cc1cc(C(=O)CSc2nc(-c3ccccc3)c(-c3ccccc3)o2)c(C)n1CC1CCCO1. The molecule has 1 unspecified atom stereocenters. The van der Waals surface area contributed by atoms with Crippen LogP contribution in [0.4, 0.5) is 0 Å². The van der Waals surface area contributed by atoms with Crippen LogP contribution in [-0.2, 0) is 11.3 Å². The summed E-state index contributed by atoms with van der Waals surface area (Å²) in [6, 6.07) is 22.0.